The summed E-state index contributed by atoms with van der Waals surface area (Å²) in [5.74, 6) is 0. The molecule has 2 heterocycles. The molecule has 0 atom stereocenters. The zero-order valence-corrected chi connectivity index (χ0v) is 5.95. The molecule has 0 aliphatic rings. The molecule has 4 heteroatoms. The van der Waals surface area contributed by atoms with Gasteiger partial charge in [0.05, 0.1) is 6.20 Å². The Bertz CT molecular complexity index is 287. The molecule has 2 aromatic rings. The first-order chi connectivity index (χ1) is 4.47. The second-order valence-corrected chi connectivity index (χ2v) is 1.77. The number of aromatic nitrogens is 3. The fourth-order valence-corrected chi connectivity index (χ4v) is 0.771. The van der Waals surface area contributed by atoms with E-state index in [0.717, 1.165) is 5.65 Å². The first-order valence-electron chi connectivity index (χ1n) is 2.69. The summed E-state index contributed by atoms with van der Waals surface area (Å²) in [7, 11) is 0. The van der Waals surface area contributed by atoms with Crippen LogP contribution in [0, 0.1) is 0 Å². The van der Waals surface area contributed by atoms with Crippen molar-refractivity contribution in [3.8, 4) is 0 Å². The van der Waals surface area contributed by atoms with Crippen LogP contribution in [0.4, 0.5) is 0 Å². The highest BCUT2D eigenvalue weighted by molar-refractivity contribution is 5.85. The van der Waals surface area contributed by atoms with Gasteiger partial charge in [0.1, 0.15) is 0 Å². The van der Waals surface area contributed by atoms with E-state index in [9.17, 15) is 0 Å². The summed E-state index contributed by atoms with van der Waals surface area (Å²) in [6.45, 7) is 0. The van der Waals surface area contributed by atoms with Gasteiger partial charge in [0.25, 0.3) is 0 Å². The Hall–Kier alpha value is -1.09. The zero-order chi connectivity index (χ0) is 6.10. The van der Waals surface area contributed by atoms with Crippen LogP contribution in [0.3, 0.4) is 0 Å². The van der Waals surface area contributed by atoms with Gasteiger partial charge in [-0.15, -0.1) is 12.4 Å². The van der Waals surface area contributed by atoms with E-state index in [-0.39, 0.29) is 12.4 Å². The predicted molar refractivity (Wildman–Crippen MR) is 40.2 cm³/mol. The molecule has 2 aromatic heterocycles. The van der Waals surface area contributed by atoms with E-state index in [0.29, 0.717) is 0 Å². The van der Waals surface area contributed by atoms with Gasteiger partial charge in [0.15, 0.2) is 5.65 Å². The second kappa shape index (κ2) is 2.66. The van der Waals surface area contributed by atoms with Gasteiger partial charge in [-0.1, -0.05) is 0 Å². The van der Waals surface area contributed by atoms with Crippen molar-refractivity contribution >= 4 is 18.1 Å². The molecule has 0 saturated heterocycles. The van der Waals surface area contributed by atoms with Crippen LogP contribution in [-0.2, 0) is 0 Å². The third-order valence-corrected chi connectivity index (χ3v) is 1.20. The van der Waals surface area contributed by atoms with Gasteiger partial charge >= 0.3 is 0 Å². The maximum Gasteiger partial charge on any atom is 0.155 e. The minimum Gasteiger partial charge on any atom is -0.304 e. The Morgan fingerprint density at radius 1 is 1.20 bits per heavy atom. The molecule has 0 aromatic carbocycles. The molecule has 0 bridgehead atoms. The summed E-state index contributed by atoms with van der Waals surface area (Å²) in [6.07, 6.45) is 8.95. The molecule has 10 heavy (non-hydrogen) atoms. The Morgan fingerprint density at radius 3 is 2.80 bits per heavy atom. The number of rotatable bonds is 0. The van der Waals surface area contributed by atoms with Crippen molar-refractivity contribution in [1.29, 1.82) is 0 Å². The SMILES string of the molecule is Cl.c1cn2ccnc2cn1. The van der Waals surface area contributed by atoms with Crippen LogP contribution in [0.1, 0.15) is 0 Å². The van der Waals surface area contributed by atoms with E-state index in [4.69, 9.17) is 0 Å². The molecule has 2 rings (SSSR count). The molecule has 0 spiro atoms. The van der Waals surface area contributed by atoms with Crippen molar-refractivity contribution in [3.63, 3.8) is 0 Å². The monoisotopic (exact) mass is 155 g/mol. The summed E-state index contributed by atoms with van der Waals surface area (Å²) < 4.78 is 1.91. The molecule has 3 nitrogen and oxygen atoms in total. The van der Waals surface area contributed by atoms with E-state index >= 15 is 0 Å². The Kier molecular flexibility index (Phi) is 1.87. The normalized spacial score (nSPS) is 9.20. The van der Waals surface area contributed by atoms with Gasteiger partial charge < -0.3 is 4.40 Å². The minimum atomic E-state index is 0. The van der Waals surface area contributed by atoms with E-state index in [1.807, 2.05) is 16.8 Å². The molecule has 0 fully saturated rings. The first kappa shape index (κ1) is 7.02. The van der Waals surface area contributed by atoms with Crippen LogP contribution in [-0.4, -0.2) is 14.4 Å². The van der Waals surface area contributed by atoms with Gasteiger partial charge in [0, 0.05) is 24.8 Å². The average Bonchev–Trinajstić information content (AvgIpc) is 2.33. The van der Waals surface area contributed by atoms with Crippen molar-refractivity contribution in [1.82, 2.24) is 14.4 Å². The Balaban J connectivity index is 0.000000500. The largest absolute Gasteiger partial charge is 0.304 e. The van der Waals surface area contributed by atoms with Crippen LogP contribution in [0.2, 0.25) is 0 Å². The standard InChI is InChI=1S/C6H5N3.ClH/c1-3-9-4-2-8-6(9)5-7-1;/h1-5H;1H. The molecular formula is C6H6ClN3. The maximum absolute atomic E-state index is 4.02. The van der Waals surface area contributed by atoms with Crippen LogP contribution in [0.5, 0.6) is 0 Å². The summed E-state index contributed by atoms with van der Waals surface area (Å²) in [6, 6.07) is 0. The van der Waals surface area contributed by atoms with Crippen molar-refractivity contribution in [2.45, 2.75) is 0 Å². The summed E-state index contributed by atoms with van der Waals surface area (Å²) in [5.41, 5.74) is 0.887. The molecule has 0 unspecified atom stereocenters. The molecule has 0 N–H and O–H groups in total. The molecule has 0 radical (unpaired) electrons. The smallest absolute Gasteiger partial charge is 0.155 e. The average molecular weight is 156 g/mol. The van der Waals surface area contributed by atoms with Gasteiger partial charge in [-0.05, 0) is 0 Å². The number of fused-ring (bicyclic) bond motifs is 1. The van der Waals surface area contributed by atoms with E-state index in [1.165, 1.54) is 0 Å². The van der Waals surface area contributed by atoms with Crippen LogP contribution in [0.25, 0.3) is 5.65 Å². The van der Waals surface area contributed by atoms with Gasteiger partial charge in [-0.2, -0.15) is 0 Å². The molecule has 0 saturated carbocycles. The quantitative estimate of drug-likeness (QED) is 0.572. The number of halogens is 1. The molecule has 0 amide bonds. The Morgan fingerprint density at radius 2 is 2.00 bits per heavy atom. The van der Waals surface area contributed by atoms with Crippen LogP contribution in [0.15, 0.2) is 31.0 Å². The Labute approximate surface area is 64.1 Å². The molecule has 52 valence electrons. The minimum absolute atomic E-state index is 0. The zero-order valence-electron chi connectivity index (χ0n) is 5.14. The topological polar surface area (TPSA) is 30.2 Å². The van der Waals surface area contributed by atoms with Gasteiger partial charge in [0.2, 0.25) is 0 Å². The summed E-state index contributed by atoms with van der Waals surface area (Å²) in [4.78, 5) is 7.92. The summed E-state index contributed by atoms with van der Waals surface area (Å²) >= 11 is 0. The maximum atomic E-state index is 4.02. The lowest BCUT2D eigenvalue weighted by Gasteiger charge is -1.86. The predicted octanol–water partition coefficient (Wildman–Crippen LogP) is 1.15. The highest BCUT2D eigenvalue weighted by atomic mass is 35.5. The highest BCUT2D eigenvalue weighted by Gasteiger charge is 1.86. The van der Waals surface area contributed by atoms with E-state index < -0.39 is 0 Å². The van der Waals surface area contributed by atoms with Crippen molar-refractivity contribution in [2.24, 2.45) is 0 Å². The fraction of sp³-hybridized carbons (Fsp3) is 0. The lowest BCUT2D eigenvalue weighted by Crippen LogP contribution is -1.81. The van der Waals surface area contributed by atoms with Gasteiger partial charge in [-0.25, -0.2) is 4.98 Å². The van der Waals surface area contributed by atoms with Crippen LogP contribution >= 0.6 is 12.4 Å². The lowest BCUT2D eigenvalue weighted by molar-refractivity contribution is 1.13. The third kappa shape index (κ3) is 0.953. The van der Waals surface area contributed by atoms with E-state index in [1.54, 1.807) is 18.6 Å². The molecular weight excluding hydrogens is 150 g/mol. The van der Waals surface area contributed by atoms with Crippen molar-refractivity contribution < 1.29 is 0 Å². The van der Waals surface area contributed by atoms with Crippen molar-refractivity contribution in [2.75, 3.05) is 0 Å². The first-order valence-corrected chi connectivity index (χ1v) is 2.69. The summed E-state index contributed by atoms with van der Waals surface area (Å²) in [5, 5.41) is 0. The van der Waals surface area contributed by atoms with Crippen LogP contribution < -0.4 is 0 Å². The second-order valence-electron chi connectivity index (χ2n) is 1.77. The van der Waals surface area contributed by atoms with E-state index in [2.05, 4.69) is 9.97 Å². The number of hydrogen-bond acceptors (Lipinski definition) is 2. The fourth-order valence-electron chi connectivity index (χ4n) is 0.771. The lowest BCUT2D eigenvalue weighted by atomic mass is 10.7. The highest BCUT2D eigenvalue weighted by Crippen LogP contribution is 1.93. The number of hydrogen-bond donors (Lipinski definition) is 0. The number of nitrogens with zero attached hydrogens (tertiary/aromatic N) is 3. The van der Waals surface area contributed by atoms with Gasteiger partial charge in [-0.3, -0.25) is 4.98 Å². The molecule has 0 aliphatic carbocycles. The number of imidazole rings is 1. The van der Waals surface area contributed by atoms with Crippen molar-refractivity contribution in [3.05, 3.63) is 31.0 Å². The third-order valence-electron chi connectivity index (χ3n) is 1.20. The molecule has 0 aliphatic heterocycles.